The summed E-state index contributed by atoms with van der Waals surface area (Å²) in [6.45, 7) is 2.84. The maximum absolute atomic E-state index is 11.2. The van der Waals surface area contributed by atoms with Gasteiger partial charge in [0.05, 0.1) is 13.2 Å². The number of nitrogens with one attached hydrogen (secondary N) is 1. The summed E-state index contributed by atoms with van der Waals surface area (Å²) in [7, 11) is 0. The number of benzene rings is 1. The Kier molecular flexibility index (Phi) is 5.67. The zero-order chi connectivity index (χ0) is 12.5. The number of carbonyl (C=O) groups is 1. The Labute approximate surface area is 102 Å². The third kappa shape index (κ3) is 5.62. The highest BCUT2D eigenvalue weighted by Gasteiger charge is 2.00. The third-order valence-electron chi connectivity index (χ3n) is 2.19. The first-order chi connectivity index (χ1) is 8.22. The lowest BCUT2D eigenvalue weighted by Crippen LogP contribution is -2.23. The normalized spacial score (nSPS) is 9.41. The van der Waals surface area contributed by atoms with Crippen LogP contribution in [0, 0.1) is 19.3 Å². The van der Waals surface area contributed by atoms with Crippen molar-refractivity contribution in [2.24, 2.45) is 0 Å². The van der Waals surface area contributed by atoms with E-state index in [2.05, 4.69) is 11.2 Å². The molecule has 1 amide bonds. The Morgan fingerprint density at radius 2 is 2.35 bits per heavy atom. The first-order valence-electron chi connectivity index (χ1n) is 5.62. The minimum absolute atomic E-state index is 0.0317. The number of terminal acetylenes is 1. The molecule has 0 unspecified atom stereocenters. The Morgan fingerprint density at radius 1 is 1.53 bits per heavy atom. The zero-order valence-corrected chi connectivity index (χ0v) is 10.0. The van der Waals surface area contributed by atoms with Gasteiger partial charge in [0.15, 0.2) is 0 Å². The smallest absolute Gasteiger partial charge is 0.220 e. The van der Waals surface area contributed by atoms with Crippen LogP contribution in [-0.4, -0.2) is 19.1 Å². The van der Waals surface area contributed by atoms with Gasteiger partial charge in [-0.3, -0.25) is 4.79 Å². The van der Waals surface area contributed by atoms with Crippen LogP contribution in [0.15, 0.2) is 24.3 Å². The summed E-state index contributed by atoms with van der Waals surface area (Å²) in [4.78, 5) is 11.2. The van der Waals surface area contributed by atoms with E-state index in [4.69, 9.17) is 11.2 Å². The first-order valence-corrected chi connectivity index (χ1v) is 5.62. The molecule has 0 aromatic heterocycles. The Balaban J connectivity index is 2.16. The second kappa shape index (κ2) is 7.34. The molecule has 1 N–H and O–H groups in total. The standard InChI is InChI=1S/C14H17NO2/c1-3-9-15-14(16)8-5-10-17-13-7-4-6-12(2)11-13/h1,4,6-7,11H,5,8-10H2,2H3,(H,15,16). The van der Waals surface area contributed by atoms with Gasteiger partial charge in [0.2, 0.25) is 5.91 Å². The second-order valence-corrected chi connectivity index (χ2v) is 3.75. The number of hydrogen-bond acceptors (Lipinski definition) is 2. The molecule has 17 heavy (non-hydrogen) atoms. The van der Waals surface area contributed by atoms with E-state index in [1.165, 1.54) is 0 Å². The predicted octanol–water partition coefficient (Wildman–Crippen LogP) is 1.90. The van der Waals surface area contributed by atoms with Gasteiger partial charge in [-0.25, -0.2) is 0 Å². The van der Waals surface area contributed by atoms with Crippen LogP contribution in [0.25, 0.3) is 0 Å². The highest BCUT2D eigenvalue weighted by molar-refractivity contribution is 5.76. The van der Waals surface area contributed by atoms with E-state index in [0.29, 0.717) is 19.4 Å². The van der Waals surface area contributed by atoms with E-state index in [1.54, 1.807) is 0 Å². The molecule has 0 aliphatic carbocycles. The molecule has 1 aromatic rings. The highest BCUT2D eigenvalue weighted by Crippen LogP contribution is 2.12. The summed E-state index contributed by atoms with van der Waals surface area (Å²) < 4.78 is 5.52. The third-order valence-corrected chi connectivity index (χ3v) is 2.19. The van der Waals surface area contributed by atoms with Crippen molar-refractivity contribution in [3.8, 4) is 18.1 Å². The minimum atomic E-state index is -0.0317. The first kappa shape index (κ1) is 13.1. The van der Waals surface area contributed by atoms with Crippen LogP contribution in [0.4, 0.5) is 0 Å². The Hall–Kier alpha value is -1.95. The molecule has 0 aliphatic heterocycles. The van der Waals surface area contributed by atoms with Crippen LogP contribution in [0.1, 0.15) is 18.4 Å². The van der Waals surface area contributed by atoms with Crippen molar-refractivity contribution in [3.05, 3.63) is 29.8 Å². The van der Waals surface area contributed by atoms with E-state index in [1.807, 2.05) is 31.2 Å². The number of carbonyl (C=O) groups excluding carboxylic acids is 1. The summed E-state index contributed by atoms with van der Waals surface area (Å²) >= 11 is 0. The van der Waals surface area contributed by atoms with Crippen molar-refractivity contribution in [2.45, 2.75) is 19.8 Å². The molecule has 0 radical (unpaired) electrons. The van der Waals surface area contributed by atoms with Gasteiger partial charge in [0.1, 0.15) is 5.75 Å². The molecule has 0 atom stereocenters. The van der Waals surface area contributed by atoms with Crippen molar-refractivity contribution < 1.29 is 9.53 Å². The second-order valence-electron chi connectivity index (χ2n) is 3.75. The Bertz CT molecular complexity index is 407. The van der Waals surface area contributed by atoms with Gasteiger partial charge < -0.3 is 10.1 Å². The van der Waals surface area contributed by atoms with Crippen molar-refractivity contribution in [1.29, 1.82) is 0 Å². The van der Waals surface area contributed by atoms with Crippen LogP contribution in [-0.2, 0) is 4.79 Å². The van der Waals surface area contributed by atoms with Gasteiger partial charge in [0.25, 0.3) is 0 Å². The van der Waals surface area contributed by atoms with Gasteiger partial charge in [-0.05, 0) is 31.0 Å². The molecule has 0 saturated carbocycles. The fourth-order valence-corrected chi connectivity index (χ4v) is 1.37. The summed E-state index contributed by atoms with van der Waals surface area (Å²) in [5.74, 6) is 3.17. The highest BCUT2D eigenvalue weighted by atomic mass is 16.5. The van der Waals surface area contributed by atoms with Crippen LogP contribution < -0.4 is 10.1 Å². The molecule has 0 heterocycles. The number of ether oxygens (including phenoxy) is 1. The van der Waals surface area contributed by atoms with E-state index in [0.717, 1.165) is 11.3 Å². The summed E-state index contributed by atoms with van der Waals surface area (Å²) in [6, 6.07) is 7.84. The molecule has 0 fully saturated rings. The molecule has 0 saturated heterocycles. The van der Waals surface area contributed by atoms with Crippen LogP contribution >= 0.6 is 0 Å². The maximum Gasteiger partial charge on any atom is 0.220 e. The molecule has 0 aliphatic rings. The SMILES string of the molecule is C#CCNC(=O)CCCOc1cccc(C)c1. The topological polar surface area (TPSA) is 38.3 Å². The quantitative estimate of drug-likeness (QED) is 0.600. The number of amides is 1. The van der Waals surface area contributed by atoms with Gasteiger partial charge in [0, 0.05) is 6.42 Å². The lowest BCUT2D eigenvalue weighted by molar-refractivity contribution is -0.121. The van der Waals surface area contributed by atoms with Gasteiger partial charge >= 0.3 is 0 Å². The van der Waals surface area contributed by atoms with Crippen molar-refractivity contribution in [1.82, 2.24) is 5.32 Å². The molecule has 0 spiro atoms. The molecular formula is C14H17NO2. The minimum Gasteiger partial charge on any atom is -0.494 e. The lowest BCUT2D eigenvalue weighted by atomic mass is 10.2. The summed E-state index contributed by atoms with van der Waals surface area (Å²) in [5.41, 5.74) is 1.16. The summed E-state index contributed by atoms with van der Waals surface area (Å²) in [6.07, 6.45) is 6.16. The van der Waals surface area contributed by atoms with Crippen LogP contribution in [0.5, 0.6) is 5.75 Å². The maximum atomic E-state index is 11.2. The van der Waals surface area contributed by atoms with Crippen LogP contribution in [0.2, 0.25) is 0 Å². The van der Waals surface area contributed by atoms with E-state index in [9.17, 15) is 4.79 Å². The monoisotopic (exact) mass is 231 g/mol. The van der Waals surface area contributed by atoms with E-state index >= 15 is 0 Å². The average Bonchev–Trinajstić information content (AvgIpc) is 2.32. The molecule has 3 nitrogen and oxygen atoms in total. The summed E-state index contributed by atoms with van der Waals surface area (Å²) in [5, 5.41) is 2.61. The zero-order valence-electron chi connectivity index (χ0n) is 10.0. The molecule has 3 heteroatoms. The van der Waals surface area contributed by atoms with Gasteiger partial charge in [-0.2, -0.15) is 0 Å². The van der Waals surface area contributed by atoms with Crippen molar-refractivity contribution >= 4 is 5.91 Å². The molecule has 1 aromatic carbocycles. The van der Waals surface area contributed by atoms with Crippen molar-refractivity contribution in [3.63, 3.8) is 0 Å². The number of rotatable bonds is 6. The molecule has 90 valence electrons. The Morgan fingerprint density at radius 3 is 3.06 bits per heavy atom. The molecular weight excluding hydrogens is 214 g/mol. The largest absolute Gasteiger partial charge is 0.494 e. The fourth-order valence-electron chi connectivity index (χ4n) is 1.37. The van der Waals surface area contributed by atoms with Gasteiger partial charge in [-0.1, -0.05) is 18.1 Å². The fraction of sp³-hybridized carbons (Fsp3) is 0.357. The van der Waals surface area contributed by atoms with E-state index in [-0.39, 0.29) is 12.5 Å². The predicted molar refractivity (Wildman–Crippen MR) is 67.8 cm³/mol. The lowest BCUT2D eigenvalue weighted by Gasteiger charge is -2.06. The van der Waals surface area contributed by atoms with Crippen molar-refractivity contribution in [2.75, 3.05) is 13.2 Å². The average molecular weight is 231 g/mol. The number of aryl methyl sites for hydroxylation is 1. The van der Waals surface area contributed by atoms with Gasteiger partial charge in [-0.15, -0.1) is 6.42 Å². The molecule has 0 bridgehead atoms. The molecule has 1 rings (SSSR count). The van der Waals surface area contributed by atoms with E-state index < -0.39 is 0 Å². The van der Waals surface area contributed by atoms with Crippen LogP contribution in [0.3, 0.4) is 0 Å². The number of hydrogen-bond donors (Lipinski definition) is 1.